The van der Waals surface area contributed by atoms with Crippen LogP contribution in [0.4, 0.5) is 0 Å². The van der Waals surface area contributed by atoms with Gasteiger partial charge in [-0.25, -0.2) is 9.59 Å². The maximum atomic E-state index is 13.2. The second-order valence-corrected chi connectivity index (χ2v) is 12.9. The van der Waals surface area contributed by atoms with Crippen molar-refractivity contribution in [2.45, 2.75) is 86.9 Å². The van der Waals surface area contributed by atoms with E-state index in [0.29, 0.717) is 24.2 Å². The Morgan fingerprint density at radius 1 is 1.02 bits per heavy atom. The highest BCUT2D eigenvalue weighted by molar-refractivity contribution is 5.86. The van der Waals surface area contributed by atoms with Gasteiger partial charge in [0.1, 0.15) is 11.5 Å². The number of nitrogens with zero attached hydrogens (tertiary/aromatic N) is 1. The normalized spacial score (nSPS) is 26.1. The van der Waals surface area contributed by atoms with Crippen molar-refractivity contribution in [3.05, 3.63) is 76.6 Å². The fraction of sp³-hybridized carbons (Fsp3) is 0.457. The summed E-state index contributed by atoms with van der Waals surface area (Å²) in [5, 5.41) is 40.9. The topological polar surface area (TPSA) is 206 Å². The van der Waals surface area contributed by atoms with Gasteiger partial charge < -0.3 is 44.3 Å². The Morgan fingerprint density at radius 2 is 1.76 bits per heavy atom. The van der Waals surface area contributed by atoms with Crippen molar-refractivity contribution in [3.8, 4) is 5.75 Å². The molecule has 4 aliphatic rings. The molecule has 2 heterocycles. The molecular formula is C35H37NO13. The minimum atomic E-state index is -2.02. The number of esters is 3. The second-order valence-electron chi connectivity index (χ2n) is 12.9. The summed E-state index contributed by atoms with van der Waals surface area (Å²) in [4.78, 5) is 63.7. The van der Waals surface area contributed by atoms with Crippen molar-refractivity contribution in [3.63, 3.8) is 0 Å². The fourth-order valence-corrected chi connectivity index (χ4v) is 7.88. The summed E-state index contributed by atoms with van der Waals surface area (Å²) in [6, 6.07) is 11.1. The van der Waals surface area contributed by atoms with Crippen molar-refractivity contribution < 1.29 is 63.3 Å². The highest BCUT2D eigenvalue weighted by Crippen LogP contribution is 2.64. The standard InChI is InChI=1S/C35H37NO13/c1-36-15-5-13-34-28-20-8-9-21(18-37)29(28)49-31(34)22(12-14-35(34,45)24(36)16-20)46-26(40)10-11-27(41)48-30(19-6-3-2-4-7-19)33(44)47-23(32(42)43)17-25(38)39/h2-4,6-9,12,23-24,30-31,37,45H,5,10-11,13-18H2,1H3,(H,38,39)(H,42,43)/t23-,24-,30+,31+,34+,35-/m1/s1. The van der Waals surface area contributed by atoms with E-state index in [-0.39, 0.29) is 30.4 Å². The van der Waals surface area contributed by atoms with Crippen LogP contribution < -0.4 is 4.74 Å². The number of rotatable bonds is 12. The molecule has 1 fully saturated rings. The van der Waals surface area contributed by atoms with Crippen LogP contribution in [0.3, 0.4) is 0 Å². The Balaban J connectivity index is 1.17. The zero-order valence-electron chi connectivity index (χ0n) is 26.7. The monoisotopic (exact) mass is 679 g/mol. The van der Waals surface area contributed by atoms with E-state index in [1.54, 1.807) is 24.3 Å². The zero-order valence-corrected chi connectivity index (χ0v) is 26.7. The van der Waals surface area contributed by atoms with Gasteiger partial charge in [0.2, 0.25) is 12.2 Å². The third-order valence-electron chi connectivity index (χ3n) is 10.1. The molecule has 2 aliphatic carbocycles. The first-order chi connectivity index (χ1) is 23.4. The average Bonchev–Trinajstić information content (AvgIpc) is 3.41. The van der Waals surface area contributed by atoms with Gasteiger partial charge in [-0.15, -0.1) is 0 Å². The number of aliphatic hydroxyl groups excluding tert-OH is 1. The molecule has 6 atom stereocenters. The van der Waals surface area contributed by atoms with E-state index in [1.807, 2.05) is 19.2 Å². The van der Waals surface area contributed by atoms with Crippen LogP contribution in [0.1, 0.15) is 66.9 Å². The second kappa shape index (κ2) is 13.3. The summed E-state index contributed by atoms with van der Waals surface area (Å²) in [7, 11) is 1.99. The molecule has 14 heteroatoms. The maximum Gasteiger partial charge on any atom is 0.353 e. The number of carbonyl (C=O) groups excluding carboxylic acids is 3. The van der Waals surface area contributed by atoms with E-state index < -0.39 is 78.4 Å². The number of aliphatic carboxylic acids is 2. The molecule has 1 spiro atoms. The lowest BCUT2D eigenvalue weighted by Crippen LogP contribution is -2.69. The molecule has 49 heavy (non-hydrogen) atoms. The van der Waals surface area contributed by atoms with Gasteiger partial charge in [0.05, 0.1) is 36.9 Å². The van der Waals surface area contributed by atoms with Crippen molar-refractivity contribution in [1.82, 2.24) is 4.90 Å². The lowest BCUT2D eigenvalue weighted by molar-refractivity contribution is -0.179. The number of hydrogen-bond donors (Lipinski definition) is 4. The Bertz CT molecular complexity index is 1710. The average molecular weight is 680 g/mol. The zero-order chi connectivity index (χ0) is 35.1. The first kappa shape index (κ1) is 34.1. The molecule has 1 saturated heterocycles. The quantitative estimate of drug-likeness (QED) is 0.187. The first-order valence-corrected chi connectivity index (χ1v) is 16.0. The largest absolute Gasteiger partial charge is 0.481 e. The van der Waals surface area contributed by atoms with Crippen LogP contribution in [0.5, 0.6) is 5.75 Å². The van der Waals surface area contributed by atoms with Gasteiger partial charge in [-0.2, -0.15) is 0 Å². The maximum absolute atomic E-state index is 13.2. The van der Waals surface area contributed by atoms with E-state index in [0.717, 1.165) is 24.1 Å². The van der Waals surface area contributed by atoms with E-state index in [1.165, 1.54) is 12.1 Å². The summed E-state index contributed by atoms with van der Waals surface area (Å²) in [6.45, 7) is 0.477. The molecule has 0 radical (unpaired) electrons. The number of carboxylic acid groups (broad SMARTS) is 2. The van der Waals surface area contributed by atoms with Crippen LogP contribution in [0.25, 0.3) is 0 Å². The Labute approximate surface area is 280 Å². The van der Waals surface area contributed by atoms with Gasteiger partial charge >= 0.3 is 29.8 Å². The number of likely N-dealkylation sites (N-methyl/N-ethyl adjacent to an activating group) is 1. The summed E-state index contributed by atoms with van der Waals surface area (Å²) in [5.41, 5.74) is 0.394. The van der Waals surface area contributed by atoms with E-state index in [4.69, 9.17) is 24.1 Å². The minimum Gasteiger partial charge on any atom is -0.481 e. The van der Waals surface area contributed by atoms with Crippen molar-refractivity contribution in [1.29, 1.82) is 0 Å². The van der Waals surface area contributed by atoms with E-state index >= 15 is 0 Å². The van der Waals surface area contributed by atoms with Crippen LogP contribution in [0.2, 0.25) is 0 Å². The highest BCUT2D eigenvalue weighted by Gasteiger charge is 2.70. The van der Waals surface area contributed by atoms with Gasteiger partial charge in [-0.1, -0.05) is 42.5 Å². The van der Waals surface area contributed by atoms with Gasteiger partial charge in [-0.3, -0.25) is 14.4 Å². The van der Waals surface area contributed by atoms with E-state index in [9.17, 15) is 39.3 Å². The third kappa shape index (κ3) is 5.93. The molecule has 260 valence electrons. The van der Waals surface area contributed by atoms with Crippen LogP contribution in [0, 0.1) is 0 Å². The number of hydrogen-bond acceptors (Lipinski definition) is 12. The smallest absolute Gasteiger partial charge is 0.353 e. The van der Waals surface area contributed by atoms with Gasteiger partial charge in [0.25, 0.3) is 0 Å². The first-order valence-electron chi connectivity index (χ1n) is 16.0. The van der Waals surface area contributed by atoms with E-state index in [2.05, 4.69) is 4.90 Å². The SMILES string of the molecule is CN1CCC[C@]23c4c5ccc(CO)c4O[C@H]2C(OC(=O)CCC(=O)O[C@H](C(=O)O[C@H](CC(=O)O)C(=O)O)c2ccccc2)=CC[C@@]3(O)[C@H]1C5. The molecule has 0 saturated carbocycles. The number of benzene rings is 2. The number of carboxylic acids is 2. The van der Waals surface area contributed by atoms with Gasteiger partial charge in [-0.05, 0) is 44.5 Å². The lowest BCUT2D eigenvalue weighted by Gasteiger charge is -2.56. The summed E-state index contributed by atoms with van der Waals surface area (Å²) in [6.07, 6.45) is -2.86. The molecule has 2 aromatic carbocycles. The summed E-state index contributed by atoms with van der Waals surface area (Å²) < 4.78 is 22.5. The van der Waals surface area contributed by atoms with Gasteiger partial charge in [0, 0.05) is 29.2 Å². The van der Waals surface area contributed by atoms with Crippen molar-refractivity contribution in [2.75, 3.05) is 13.6 Å². The summed E-state index contributed by atoms with van der Waals surface area (Å²) in [5.74, 6) is -5.60. The fourth-order valence-electron chi connectivity index (χ4n) is 7.88. The molecule has 2 aliphatic heterocycles. The molecule has 6 rings (SSSR count). The Hall–Kier alpha value is -4.79. The van der Waals surface area contributed by atoms with Crippen LogP contribution in [0.15, 0.2) is 54.3 Å². The molecule has 14 nitrogen and oxygen atoms in total. The number of likely N-dealkylation sites (tertiary alicyclic amines) is 1. The molecule has 0 unspecified atom stereocenters. The van der Waals surface area contributed by atoms with Crippen molar-refractivity contribution >= 4 is 29.8 Å². The predicted molar refractivity (Wildman–Crippen MR) is 166 cm³/mol. The van der Waals surface area contributed by atoms with Crippen LogP contribution in [-0.4, -0.2) is 92.6 Å². The Morgan fingerprint density at radius 3 is 2.45 bits per heavy atom. The highest BCUT2D eigenvalue weighted by atomic mass is 16.6. The number of aliphatic hydroxyl groups is 2. The summed E-state index contributed by atoms with van der Waals surface area (Å²) >= 11 is 0. The molecular weight excluding hydrogens is 642 g/mol. The minimum absolute atomic E-state index is 0.140. The third-order valence-corrected chi connectivity index (χ3v) is 10.1. The van der Waals surface area contributed by atoms with Gasteiger partial charge in [0.15, 0.2) is 6.10 Å². The molecule has 4 N–H and O–H groups in total. The number of carbonyl (C=O) groups is 5. The molecule has 0 aromatic heterocycles. The molecule has 2 aromatic rings. The molecule has 0 amide bonds. The predicted octanol–water partition coefficient (Wildman–Crippen LogP) is 1.93. The Kier molecular flexibility index (Phi) is 9.22. The van der Waals surface area contributed by atoms with Crippen LogP contribution in [-0.2, 0) is 56.6 Å². The van der Waals surface area contributed by atoms with Crippen LogP contribution >= 0.6 is 0 Å². The van der Waals surface area contributed by atoms with Crippen molar-refractivity contribution in [2.24, 2.45) is 0 Å². The lowest BCUT2D eigenvalue weighted by atomic mass is 9.52. The number of ether oxygens (including phenoxy) is 4. The molecule has 2 bridgehead atoms.